The van der Waals surface area contributed by atoms with Crippen LogP contribution in [0, 0.1) is 13.8 Å². The summed E-state index contributed by atoms with van der Waals surface area (Å²) in [6.45, 7) is 6.80. The Morgan fingerprint density at radius 1 is 1.32 bits per heavy atom. The number of hydrogen-bond acceptors (Lipinski definition) is 3. The van der Waals surface area contributed by atoms with E-state index in [1.54, 1.807) is 0 Å². The lowest BCUT2D eigenvalue weighted by atomic mass is 10.0. The number of hydrogen-bond donors (Lipinski definition) is 0. The maximum atomic E-state index is 12.2. The van der Waals surface area contributed by atoms with Gasteiger partial charge in [0.15, 0.2) is 5.78 Å². The molecule has 2 nitrogen and oxygen atoms in total. The highest BCUT2D eigenvalue weighted by atomic mass is 32.2. The lowest BCUT2D eigenvalue weighted by Crippen LogP contribution is -2.34. The van der Waals surface area contributed by atoms with Gasteiger partial charge in [0.25, 0.3) is 0 Å². The van der Waals surface area contributed by atoms with Crippen LogP contribution in [0.25, 0.3) is 0 Å². The number of Topliss-reactive ketones (excluding diaryl/α,β-unsaturated/α-hetero) is 1. The van der Waals surface area contributed by atoms with Crippen LogP contribution < -0.4 is 0 Å². The highest BCUT2D eigenvalue weighted by Gasteiger charge is 2.14. The van der Waals surface area contributed by atoms with Crippen LogP contribution in [0.15, 0.2) is 18.2 Å². The summed E-state index contributed by atoms with van der Waals surface area (Å²) in [5, 5.41) is 0. The number of nitrogens with zero attached hydrogens (tertiary/aromatic N) is 1. The van der Waals surface area contributed by atoms with Gasteiger partial charge in [-0.05, 0) is 63.4 Å². The summed E-state index contributed by atoms with van der Waals surface area (Å²) < 4.78 is 0. The third kappa shape index (κ3) is 5.00. The van der Waals surface area contributed by atoms with Crippen LogP contribution in [0.4, 0.5) is 0 Å². The fraction of sp³-hybridized carbons (Fsp3) is 0.562. The van der Waals surface area contributed by atoms with E-state index in [2.05, 4.69) is 31.9 Å². The number of carbonyl (C=O) groups is 1. The average Bonchev–Trinajstić information content (AvgIpc) is 2.38. The Bertz CT molecular complexity index is 431. The van der Waals surface area contributed by atoms with Gasteiger partial charge in [-0.1, -0.05) is 12.1 Å². The number of carbonyl (C=O) groups excluding carboxylic acids is 1. The van der Waals surface area contributed by atoms with Gasteiger partial charge in [-0.25, -0.2) is 0 Å². The predicted molar refractivity (Wildman–Crippen MR) is 85.3 cm³/mol. The Balaban J connectivity index is 2.60. The van der Waals surface area contributed by atoms with Crippen molar-refractivity contribution in [1.29, 1.82) is 0 Å². The highest BCUT2D eigenvalue weighted by molar-refractivity contribution is 7.98. The molecule has 3 heteroatoms. The molecule has 0 fully saturated rings. The second-order valence-electron chi connectivity index (χ2n) is 5.27. The summed E-state index contributed by atoms with van der Waals surface area (Å²) in [5.74, 6) is 1.35. The number of thioether (sulfide) groups is 1. The number of rotatable bonds is 7. The first kappa shape index (κ1) is 16.3. The Morgan fingerprint density at radius 3 is 2.58 bits per heavy atom. The van der Waals surface area contributed by atoms with Gasteiger partial charge in [0, 0.05) is 11.6 Å². The monoisotopic (exact) mass is 279 g/mol. The minimum absolute atomic E-state index is 0.210. The van der Waals surface area contributed by atoms with Crippen molar-refractivity contribution in [3.8, 4) is 0 Å². The van der Waals surface area contributed by atoms with Gasteiger partial charge >= 0.3 is 0 Å². The standard InChI is InChI=1S/C16H25NOS/c1-12-6-7-15(10-13(12)2)16(18)11-17(4)14(3)8-9-19-5/h6-7,10,14H,8-9,11H2,1-5H3. The Hall–Kier alpha value is -0.800. The fourth-order valence-corrected chi connectivity index (χ4v) is 2.47. The number of aryl methyl sites for hydroxylation is 2. The van der Waals surface area contributed by atoms with E-state index in [1.807, 2.05) is 37.0 Å². The first-order valence-corrected chi connectivity index (χ1v) is 8.14. The molecular formula is C16H25NOS. The molecule has 0 spiro atoms. The number of likely N-dealkylation sites (N-methyl/N-ethyl adjacent to an activating group) is 1. The zero-order chi connectivity index (χ0) is 14.4. The maximum absolute atomic E-state index is 12.2. The minimum atomic E-state index is 0.210. The highest BCUT2D eigenvalue weighted by Crippen LogP contribution is 2.12. The summed E-state index contributed by atoms with van der Waals surface area (Å²) in [5.41, 5.74) is 3.24. The molecule has 0 heterocycles. The van der Waals surface area contributed by atoms with Crippen LogP contribution >= 0.6 is 11.8 Å². The van der Waals surface area contributed by atoms with Gasteiger partial charge in [-0.2, -0.15) is 11.8 Å². The van der Waals surface area contributed by atoms with Crippen LogP contribution in [-0.4, -0.2) is 42.3 Å². The zero-order valence-corrected chi connectivity index (χ0v) is 13.5. The molecule has 1 aromatic rings. The summed E-state index contributed by atoms with van der Waals surface area (Å²) >= 11 is 1.85. The van der Waals surface area contributed by atoms with Gasteiger partial charge in [0.2, 0.25) is 0 Å². The molecule has 0 saturated heterocycles. The van der Waals surface area contributed by atoms with E-state index in [0.717, 1.165) is 17.7 Å². The van der Waals surface area contributed by atoms with Crippen molar-refractivity contribution < 1.29 is 4.79 Å². The number of benzene rings is 1. The van der Waals surface area contributed by atoms with Gasteiger partial charge in [0.05, 0.1) is 6.54 Å². The predicted octanol–water partition coefficient (Wildman–Crippen LogP) is 3.56. The zero-order valence-electron chi connectivity index (χ0n) is 12.7. The SMILES string of the molecule is CSCCC(C)N(C)CC(=O)c1ccc(C)c(C)c1. The largest absolute Gasteiger partial charge is 0.296 e. The third-order valence-corrected chi connectivity index (χ3v) is 4.36. The van der Waals surface area contributed by atoms with Crippen LogP contribution in [0.5, 0.6) is 0 Å². The molecule has 1 atom stereocenters. The lowest BCUT2D eigenvalue weighted by molar-refractivity contribution is 0.0923. The second kappa shape index (κ2) is 7.71. The molecule has 0 amide bonds. The van der Waals surface area contributed by atoms with E-state index < -0.39 is 0 Å². The molecule has 0 radical (unpaired) electrons. The smallest absolute Gasteiger partial charge is 0.176 e. The molecular weight excluding hydrogens is 254 g/mol. The third-order valence-electron chi connectivity index (χ3n) is 3.71. The summed E-state index contributed by atoms with van der Waals surface area (Å²) in [6.07, 6.45) is 3.24. The van der Waals surface area contributed by atoms with Crippen molar-refractivity contribution >= 4 is 17.5 Å². The van der Waals surface area contributed by atoms with Crippen molar-refractivity contribution in [2.75, 3.05) is 25.6 Å². The lowest BCUT2D eigenvalue weighted by Gasteiger charge is -2.23. The van der Waals surface area contributed by atoms with Crippen LogP contribution in [0.1, 0.15) is 34.8 Å². The molecule has 106 valence electrons. The molecule has 1 aromatic carbocycles. The van der Waals surface area contributed by atoms with Gasteiger partial charge < -0.3 is 0 Å². The van der Waals surface area contributed by atoms with Crippen molar-refractivity contribution in [2.24, 2.45) is 0 Å². The Kier molecular flexibility index (Phi) is 6.59. The summed E-state index contributed by atoms with van der Waals surface area (Å²) in [6, 6.07) is 6.41. The van der Waals surface area contributed by atoms with Gasteiger partial charge in [-0.3, -0.25) is 9.69 Å². The second-order valence-corrected chi connectivity index (χ2v) is 6.25. The van der Waals surface area contributed by atoms with E-state index in [1.165, 1.54) is 11.1 Å². The fourth-order valence-electron chi connectivity index (χ4n) is 1.90. The van der Waals surface area contributed by atoms with E-state index in [-0.39, 0.29) is 5.78 Å². The van der Waals surface area contributed by atoms with Crippen LogP contribution in [-0.2, 0) is 0 Å². The van der Waals surface area contributed by atoms with Crippen molar-refractivity contribution in [2.45, 2.75) is 33.2 Å². The van der Waals surface area contributed by atoms with Crippen LogP contribution in [0.2, 0.25) is 0 Å². The maximum Gasteiger partial charge on any atom is 0.176 e. The molecule has 0 N–H and O–H groups in total. The van der Waals surface area contributed by atoms with Gasteiger partial charge in [0.1, 0.15) is 0 Å². The molecule has 0 aliphatic heterocycles. The van der Waals surface area contributed by atoms with E-state index in [4.69, 9.17) is 0 Å². The topological polar surface area (TPSA) is 20.3 Å². The molecule has 0 aliphatic rings. The van der Waals surface area contributed by atoms with E-state index in [9.17, 15) is 4.79 Å². The normalized spacial score (nSPS) is 12.7. The van der Waals surface area contributed by atoms with E-state index in [0.29, 0.717) is 12.6 Å². The number of ketones is 1. The Labute approximate surface area is 121 Å². The molecule has 0 bridgehead atoms. The van der Waals surface area contributed by atoms with Crippen molar-refractivity contribution in [1.82, 2.24) is 4.90 Å². The minimum Gasteiger partial charge on any atom is -0.296 e. The first-order chi connectivity index (χ1) is 8.95. The molecule has 0 saturated carbocycles. The van der Waals surface area contributed by atoms with Crippen LogP contribution in [0.3, 0.4) is 0 Å². The van der Waals surface area contributed by atoms with Crippen molar-refractivity contribution in [3.63, 3.8) is 0 Å². The first-order valence-electron chi connectivity index (χ1n) is 6.75. The molecule has 0 aromatic heterocycles. The quantitative estimate of drug-likeness (QED) is 0.712. The van der Waals surface area contributed by atoms with E-state index >= 15 is 0 Å². The molecule has 0 aliphatic carbocycles. The van der Waals surface area contributed by atoms with Gasteiger partial charge in [-0.15, -0.1) is 0 Å². The summed E-state index contributed by atoms with van der Waals surface area (Å²) in [7, 11) is 2.03. The molecule has 1 rings (SSSR count). The molecule has 19 heavy (non-hydrogen) atoms. The summed E-state index contributed by atoms with van der Waals surface area (Å²) in [4.78, 5) is 14.4. The average molecular weight is 279 g/mol. The van der Waals surface area contributed by atoms with Crippen molar-refractivity contribution in [3.05, 3.63) is 34.9 Å². The Morgan fingerprint density at radius 2 is 2.00 bits per heavy atom. The molecule has 1 unspecified atom stereocenters.